The highest BCUT2D eigenvalue weighted by atomic mass is 35.5. The number of hydrogen-bond donors (Lipinski definition) is 0. The third-order valence-corrected chi connectivity index (χ3v) is 3.29. The van der Waals surface area contributed by atoms with Gasteiger partial charge in [-0.2, -0.15) is 0 Å². The average molecular weight is 250 g/mol. The van der Waals surface area contributed by atoms with Gasteiger partial charge in [-0.1, -0.05) is 17.7 Å². The van der Waals surface area contributed by atoms with Crippen LogP contribution in [-0.2, 0) is 6.42 Å². The Morgan fingerprint density at radius 3 is 3.06 bits per heavy atom. The smallest absolute Gasteiger partial charge is 0.159 e. The van der Waals surface area contributed by atoms with E-state index in [-0.39, 0.29) is 5.78 Å². The summed E-state index contributed by atoms with van der Waals surface area (Å²) in [5.74, 6) is 0.130. The molecule has 0 N–H and O–H groups in total. The molecule has 0 radical (unpaired) electrons. The van der Waals surface area contributed by atoms with E-state index in [1.807, 2.05) is 24.3 Å². The van der Waals surface area contributed by atoms with E-state index in [1.54, 1.807) is 12.5 Å². The van der Waals surface area contributed by atoms with E-state index >= 15 is 0 Å². The Labute approximate surface area is 107 Å². The fraction of sp³-hybridized carbons (Fsp3) is 0.357. The first-order valence-electron chi connectivity index (χ1n) is 5.86. The van der Waals surface area contributed by atoms with Crippen LogP contribution >= 0.6 is 11.6 Å². The number of fused-ring (bicyclic) bond motifs is 1. The lowest BCUT2D eigenvalue weighted by atomic mass is 9.98. The van der Waals surface area contributed by atoms with Gasteiger partial charge in [0.15, 0.2) is 5.78 Å². The summed E-state index contributed by atoms with van der Waals surface area (Å²) in [6.07, 6.45) is 4.12. The topological polar surface area (TPSA) is 20.3 Å². The van der Waals surface area contributed by atoms with E-state index in [0.717, 1.165) is 31.5 Å². The number of carbonyl (C=O) groups excluding carboxylic acids is 1. The summed E-state index contributed by atoms with van der Waals surface area (Å²) in [4.78, 5) is 13.6. The monoisotopic (exact) mass is 249 g/mol. The highest BCUT2D eigenvalue weighted by molar-refractivity contribution is 6.25. The third-order valence-electron chi connectivity index (χ3n) is 3.12. The number of carbonyl (C=O) groups is 1. The highest BCUT2D eigenvalue weighted by Gasteiger charge is 2.16. The highest BCUT2D eigenvalue weighted by Crippen LogP contribution is 2.28. The van der Waals surface area contributed by atoms with Crippen LogP contribution in [0, 0.1) is 0 Å². The van der Waals surface area contributed by atoms with Gasteiger partial charge in [-0.05, 0) is 43.5 Å². The predicted octanol–water partition coefficient (Wildman–Crippen LogP) is 3.39. The molecule has 0 unspecified atom stereocenters. The molecule has 0 saturated carbocycles. The van der Waals surface area contributed by atoms with E-state index < -0.39 is 0 Å². The summed E-state index contributed by atoms with van der Waals surface area (Å²) >= 11 is 5.56. The van der Waals surface area contributed by atoms with Crippen LogP contribution in [0.2, 0.25) is 0 Å². The number of anilines is 1. The summed E-state index contributed by atoms with van der Waals surface area (Å²) in [6, 6.07) is 5.98. The molecule has 0 spiro atoms. The maximum atomic E-state index is 11.3. The normalized spacial score (nSPS) is 15.1. The molecule has 1 aliphatic rings. The second-order valence-corrected chi connectivity index (χ2v) is 4.56. The summed E-state index contributed by atoms with van der Waals surface area (Å²) in [5, 5.41) is 0. The van der Waals surface area contributed by atoms with Gasteiger partial charge in [0.05, 0.1) is 0 Å². The Kier molecular flexibility index (Phi) is 3.85. The van der Waals surface area contributed by atoms with Crippen LogP contribution in [0.1, 0.15) is 29.3 Å². The van der Waals surface area contributed by atoms with Crippen LogP contribution in [0.3, 0.4) is 0 Å². The number of aryl methyl sites for hydroxylation is 1. The van der Waals surface area contributed by atoms with E-state index in [1.165, 1.54) is 11.3 Å². The van der Waals surface area contributed by atoms with Crippen molar-refractivity contribution in [3.8, 4) is 0 Å². The quantitative estimate of drug-likeness (QED) is 0.766. The molecule has 2 nitrogen and oxygen atoms in total. The minimum atomic E-state index is 0.130. The summed E-state index contributed by atoms with van der Waals surface area (Å²) < 4.78 is 0. The molecule has 0 saturated heterocycles. The van der Waals surface area contributed by atoms with Gasteiger partial charge in [0, 0.05) is 29.9 Å². The molecule has 0 atom stereocenters. The predicted molar refractivity (Wildman–Crippen MR) is 72.0 cm³/mol. The van der Waals surface area contributed by atoms with Crippen LogP contribution in [-0.4, -0.2) is 18.9 Å². The van der Waals surface area contributed by atoms with Crippen LogP contribution in [0.25, 0.3) is 0 Å². The van der Waals surface area contributed by atoms with Crippen molar-refractivity contribution in [2.45, 2.75) is 19.8 Å². The first-order chi connectivity index (χ1) is 8.22. The molecule has 0 bridgehead atoms. The van der Waals surface area contributed by atoms with Crippen LogP contribution in [0.5, 0.6) is 0 Å². The zero-order chi connectivity index (χ0) is 12.3. The molecule has 1 aromatic carbocycles. The molecular weight excluding hydrogens is 234 g/mol. The molecule has 0 aliphatic carbocycles. The van der Waals surface area contributed by atoms with E-state index in [0.29, 0.717) is 0 Å². The number of Topliss-reactive ketones (excluding diaryl/α,β-unsaturated/α-hetero) is 1. The van der Waals surface area contributed by atoms with Gasteiger partial charge in [-0.15, -0.1) is 0 Å². The van der Waals surface area contributed by atoms with Crippen LogP contribution in [0.15, 0.2) is 29.8 Å². The van der Waals surface area contributed by atoms with Gasteiger partial charge >= 0.3 is 0 Å². The summed E-state index contributed by atoms with van der Waals surface area (Å²) in [5.41, 5.74) is 4.86. The van der Waals surface area contributed by atoms with Gasteiger partial charge in [-0.3, -0.25) is 4.79 Å². The fourth-order valence-corrected chi connectivity index (χ4v) is 2.33. The molecule has 0 aromatic heterocycles. The maximum absolute atomic E-state index is 11.3. The minimum Gasteiger partial charge on any atom is -0.368 e. The van der Waals surface area contributed by atoms with Gasteiger partial charge in [0.2, 0.25) is 0 Å². The Bertz CT molecular complexity index is 454. The molecule has 1 heterocycles. The minimum absolute atomic E-state index is 0.130. The SMILES string of the molecule is CC(=O)c1ccc2c(c1)CCCN2C/C=C/Cl. The number of ketones is 1. The molecule has 1 aliphatic heterocycles. The largest absolute Gasteiger partial charge is 0.368 e. The number of nitrogens with zero attached hydrogens (tertiary/aromatic N) is 1. The number of rotatable bonds is 3. The van der Waals surface area contributed by atoms with Gasteiger partial charge in [-0.25, -0.2) is 0 Å². The lowest BCUT2D eigenvalue weighted by molar-refractivity contribution is 0.101. The number of hydrogen-bond acceptors (Lipinski definition) is 2. The second kappa shape index (κ2) is 5.37. The van der Waals surface area contributed by atoms with Crippen molar-refractivity contribution in [2.24, 2.45) is 0 Å². The molecule has 90 valence electrons. The van der Waals surface area contributed by atoms with Gasteiger partial charge in [0.25, 0.3) is 0 Å². The Balaban J connectivity index is 2.29. The standard InChI is InChI=1S/C14H16ClNO/c1-11(17)12-5-6-14-13(10-12)4-2-8-16(14)9-3-7-15/h3,5-7,10H,2,4,8-9H2,1H3/b7-3+. The lowest BCUT2D eigenvalue weighted by Crippen LogP contribution is -2.29. The lowest BCUT2D eigenvalue weighted by Gasteiger charge is -2.30. The van der Waals surface area contributed by atoms with Crippen LogP contribution in [0.4, 0.5) is 5.69 Å². The zero-order valence-electron chi connectivity index (χ0n) is 9.95. The molecule has 3 heteroatoms. The fourth-order valence-electron chi connectivity index (χ4n) is 2.25. The van der Waals surface area contributed by atoms with Gasteiger partial charge < -0.3 is 4.90 Å². The number of benzene rings is 1. The number of halogens is 1. The Morgan fingerprint density at radius 1 is 1.53 bits per heavy atom. The third kappa shape index (κ3) is 2.70. The summed E-state index contributed by atoms with van der Waals surface area (Å²) in [7, 11) is 0. The van der Waals surface area contributed by atoms with Crippen molar-refractivity contribution in [3.05, 3.63) is 40.9 Å². The van der Waals surface area contributed by atoms with Crippen molar-refractivity contribution in [1.29, 1.82) is 0 Å². The van der Waals surface area contributed by atoms with E-state index in [9.17, 15) is 4.79 Å². The summed E-state index contributed by atoms with van der Waals surface area (Å²) in [6.45, 7) is 3.49. The van der Waals surface area contributed by atoms with Crippen molar-refractivity contribution < 1.29 is 4.79 Å². The molecular formula is C14H16ClNO. The second-order valence-electron chi connectivity index (χ2n) is 4.31. The first-order valence-corrected chi connectivity index (χ1v) is 6.30. The van der Waals surface area contributed by atoms with E-state index in [2.05, 4.69) is 4.90 Å². The van der Waals surface area contributed by atoms with E-state index in [4.69, 9.17) is 11.6 Å². The van der Waals surface area contributed by atoms with Crippen molar-refractivity contribution >= 4 is 23.1 Å². The van der Waals surface area contributed by atoms with Crippen molar-refractivity contribution in [2.75, 3.05) is 18.0 Å². The molecule has 2 rings (SSSR count). The first kappa shape index (κ1) is 12.2. The van der Waals surface area contributed by atoms with Gasteiger partial charge in [0.1, 0.15) is 0 Å². The van der Waals surface area contributed by atoms with Crippen molar-refractivity contribution in [3.63, 3.8) is 0 Å². The Hall–Kier alpha value is -1.28. The van der Waals surface area contributed by atoms with Crippen molar-refractivity contribution in [1.82, 2.24) is 0 Å². The Morgan fingerprint density at radius 2 is 2.35 bits per heavy atom. The van der Waals surface area contributed by atoms with Crippen LogP contribution < -0.4 is 4.90 Å². The molecule has 0 amide bonds. The molecule has 17 heavy (non-hydrogen) atoms. The average Bonchev–Trinajstić information content (AvgIpc) is 2.35. The molecule has 0 fully saturated rings. The molecule has 1 aromatic rings. The zero-order valence-corrected chi connectivity index (χ0v) is 10.7. The maximum Gasteiger partial charge on any atom is 0.159 e.